The predicted octanol–water partition coefficient (Wildman–Crippen LogP) is 1.10. The molecule has 2 rings (SSSR count). The lowest BCUT2D eigenvalue weighted by Gasteiger charge is -2.04. The third kappa shape index (κ3) is 1.84. The van der Waals surface area contributed by atoms with E-state index in [-0.39, 0.29) is 18.2 Å². The number of anilines is 1. The van der Waals surface area contributed by atoms with Gasteiger partial charge in [-0.15, -0.1) is 0 Å². The van der Waals surface area contributed by atoms with Crippen molar-refractivity contribution in [2.24, 2.45) is 0 Å². The van der Waals surface area contributed by atoms with Crippen LogP contribution in [0.15, 0.2) is 11.6 Å². The van der Waals surface area contributed by atoms with Gasteiger partial charge in [-0.3, -0.25) is 0 Å². The zero-order valence-electron chi connectivity index (χ0n) is 8.45. The van der Waals surface area contributed by atoms with Crippen molar-refractivity contribution in [2.75, 3.05) is 11.9 Å². The molecule has 2 heterocycles. The Labute approximate surface area is 94.5 Å². The molecule has 0 amide bonds. The van der Waals surface area contributed by atoms with Gasteiger partial charge in [0.05, 0.1) is 6.10 Å². The van der Waals surface area contributed by atoms with E-state index in [1.54, 1.807) is 18.5 Å². The molecule has 0 aliphatic rings. The molecule has 0 aromatic carbocycles. The minimum Gasteiger partial charge on any atom is -0.392 e. The monoisotopic (exact) mass is 242 g/mol. The van der Waals surface area contributed by atoms with E-state index in [9.17, 15) is 10.1 Å². The minimum atomic E-state index is -0.584. The first-order valence-electron chi connectivity index (χ1n) is 4.61. The van der Waals surface area contributed by atoms with Gasteiger partial charge in [-0.05, 0) is 11.8 Å². The van der Waals surface area contributed by atoms with Gasteiger partial charge in [0, 0.05) is 11.9 Å². The summed E-state index contributed by atoms with van der Waals surface area (Å²) in [5.74, 6) is 0.0923. The topological polar surface area (TPSA) is 92.7 Å². The molecular weight excluding hydrogens is 232 g/mol. The lowest BCUT2D eigenvalue weighted by molar-refractivity contribution is -0.389. The Hall–Kier alpha value is -1.67. The quantitative estimate of drug-likeness (QED) is 0.618. The Kier molecular flexibility index (Phi) is 2.75. The van der Waals surface area contributed by atoms with Crippen molar-refractivity contribution in [3.8, 4) is 0 Å². The maximum Gasteiger partial charge on any atom is 0.372 e. The maximum atomic E-state index is 10.9. The summed E-state index contributed by atoms with van der Waals surface area (Å²) < 4.78 is 1.41. The van der Waals surface area contributed by atoms with Crippen LogP contribution in [0.5, 0.6) is 0 Å². The number of thiazole rings is 1. The highest BCUT2D eigenvalue weighted by atomic mass is 32.1. The van der Waals surface area contributed by atoms with Crippen LogP contribution < -0.4 is 5.32 Å². The number of hydrogen-bond donors (Lipinski definition) is 2. The number of nitrogens with zero attached hydrogens (tertiary/aromatic N) is 3. The number of aliphatic hydroxyl groups is 1. The molecule has 2 aromatic heterocycles. The number of rotatable bonds is 4. The number of nitrogens with one attached hydrogen (secondary N) is 1. The van der Waals surface area contributed by atoms with E-state index in [0.717, 1.165) is 0 Å². The van der Waals surface area contributed by atoms with E-state index in [2.05, 4.69) is 10.3 Å². The minimum absolute atomic E-state index is 0.100. The maximum absolute atomic E-state index is 10.9. The van der Waals surface area contributed by atoms with Gasteiger partial charge >= 0.3 is 5.82 Å². The zero-order valence-corrected chi connectivity index (χ0v) is 9.27. The summed E-state index contributed by atoms with van der Waals surface area (Å²) in [6.45, 7) is 1.82. The highest BCUT2D eigenvalue weighted by Crippen LogP contribution is 2.27. The van der Waals surface area contributed by atoms with Crippen LogP contribution in [0.3, 0.4) is 0 Å². The summed E-state index contributed by atoms with van der Waals surface area (Å²) in [6.07, 6.45) is 1.01. The number of aliphatic hydroxyl groups excluding tert-OH is 1. The van der Waals surface area contributed by atoms with Crippen molar-refractivity contribution in [3.05, 3.63) is 21.7 Å². The molecule has 0 aliphatic heterocycles. The Morgan fingerprint density at radius 1 is 1.81 bits per heavy atom. The molecule has 7 nitrogen and oxygen atoms in total. The van der Waals surface area contributed by atoms with Gasteiger partial charge in [-0.25, -0.2) is 0 Å². The third-order valence-electron chi connectivity index (χ3n) is 1.97. The van der Waals surface area contributed by atoms with Gasteiger partial charge in [-0.1, -0.05) is 11.3 Å². The molecule has 16 heavy (non-hydrogen) atoms. The van der Waals surface area contributed by atoms with Crippen molar-refractivity contribution in [1.29, 1.82) is 0 Å². The van der Waals surface area contributed by atoms with E-state index in [1.807, 2.05) is 0 Å². The fraction of sp³-hybridized carbons (Fsp3) is 0.375. The molecule has 0 aliphatic carbocycles. The fourth-order valence-electron chi connectivity index (χ4n) is 1.31. The molecule has 0 spiro atoms. The molecule has 2 N–H and O–H groups in total. The average Bonchev–Trinajstić information content (AvgIpc) is 2.71. The van der Waals surface area contributed by atoms with Gasteiger partial charge in [0.25, 0.3) is 4.96 Å². The van der Waals surface area contributed by atoms with Gasteiger partial charge in [0.1, 0.15) is 6.20 Å². The van der Waals surface area contributed by atoms with E-state index in [1.165, 1.54) is 15.7 Å². The second-order valence-electron chi connectivity index (χ2n) is 3.33. The second kappa shape index (κ2) is 4.06. The summed E-state index contributed by atoms with van der Waals surface area (Å²) in [4.78, 5) is 15.0. The summed E-state index contributed by atoms with van der Waals surface area (Å²) in [6, 6.07) is 0. The first-order chi connectivity index (χ1) is 7.59. The van der Waals surface area contributed by atoms with Crippen molar-refractivity contribution in [1.82, 2.24) is 9.38 Å². The van der Waals surface area contributed by atoms with Gasteiger partial charge in [0.15, 0.2) is 0 Å². The normalized spacial score (nSPS) is 12.9. The summed E-state index contributed by atoms with van der Waals surface area (Å²) in [5.41, 5.74) is 0. The van der Waals surface area contributed by atoms with Gasteiger partial charge < -0.3 is 20.5 Å². The van der Waals surface area contributed by atoms with Crippen LogP contribution in [0.2, 0.25) is 0 Å². The summed E-state index contributed by atoms with van der Waals surface area (Å²) >= 11 is 1.32. The molecular formula is C8H10N4O3S. The Morgan fingerprint density at radius 2 is 2.56 bits per heavy atom. The molecule has 0 saturated carbocycles. The molecule has 0 saturated heterocycles. The standard InChI is InChI=1S/C8H10N4O3S/c1-5(13)4-9-6-7(12(14)15)11-2-3-16-8(11)10-6/h2-3,5,9,13H,4H2,1H3. The molecule has 0 radical (unpaired) electrons. The van der Waals surface area contributed by atoms with Crippen LogP contribution in [0.1, 0.15) is 6.92 Å². The zero-order chi connectivity index (χ0) is 11.7. The van der Waals surface area contributed by atoms with Crippen LogP contribution in [0, 0.1) is 10.1 Å². The molecule has 1 atom stereocenters. The molecule has 2 aromatic rings. The Morgan fingerprint density at radius 3 is 3.19 bits per heavy atom. The van der Waals surface area contributed by atoms with Crippen molar-refractivity contribution >= 4 is 27.9 Å². The molecule has 0 fully saturated rings. The number of hydrogen-bond acceptors (Lipinski definition) is 6. The second-order valence-corrected chi connectivity index (χ2v) is 4.20. The van der Waals surface area contributed by atoms with E-state index in [0.29, 0.717) is 4.96 Å². The van der Waals surface area contributed by atoms with Gasteiger partial charge in [0.2, 0.25) is 5.82 Å². The highest BCUT2D eigenvalue weighted by Gasteiger charge is 2.23. The average molecular weight is 242 g/mol. The molecule has 86 valence electrons. The first-order valence-corrected chi connectivity index (χ1v) is 5.49. The van der Waals surface area contributed by atoms with Crippen LogP contribution in [0.4, 0.5) is 11.6 Å². The largest absolute Gasteiger partial charge is 0.392 e. The first kappa shape index (κ1) is 10.8. The molecule has 8 heteroatoms. The third-order valence-corrected chi connectivity index (χ3v) is 2.73. The number of aromatic nitrogens is 2. The van der Waals surface area contributed by atoms with Crippen molar-refractivity contribution in [3.63, 3.8) is 0 Å². The van der Waals surface area contributed by atoms with Gasteiger partial charge in [-0.2, -0.15) is 9.38 Å². The Balaban J connectivity index is 2.39. The molecule has 1 unspecified atom stereocenters. The summed E-state index contributed by atoms with van der Waals surface area (Å²) in [7, 11) is 0. The van der Waals surface area contributed by atoms with Crippen LogP contribution >= 0.6 is 11.3 Å². The Bertz CT molecular complexity index is 518. The SMILES string of the molecule is CC(O)CNc1nc2sccn2c1[N+](=O)[O-]. The fourth-order valence-corrected chi connectivity index (χ4v) is 2.02. The van der Waals surface area contributed by atoms with Crippen LogP contribution in [-0.2, 0) is 0 Å². The van der Waals surface area contributed by atoms with Crippen molar-refractivity contribution < 1.29 is 10.0 Å². The van der Waals surface area contributed by atoms with E-state index in [4.69, 9.17) is 5.11 Å². The smallest absolute Gasteiger partial charge is 0.372 e. The van der Waals surface area contributed by atoms with E-state index >= 15 is 0 Å². The number of fused-ring (bicyclic) bond motifs is 1. The lowest BCUT2D eigenvalue weighted by Crippen LogP contribution is -2.16. The summed E-state index contributed by atoms with van der Waals surface area (Å²) in [5, 5.41) is 24.5. The number of nitro groups is 1. The lowest BCUT2D eigenvalue weighted by atomic mass is 10.4. The predicted molar refractivity (Wildman–Crippen MR) is 59.9 cm³/mol. The molecule has 0 bridgehead atoms. The van der Waals surface area contributed by atoms with Crippen LogP contribution in [0.25, 0.3) is 4.96 Å². The van der Waals surface area contributed by atoms with E-state index < -0.39 is 11.0 Å². The number of imidazole rings is 1. The van der Waals surface area contributed by atoms with Crippen molar-refractivity contribution in [2.45, 2.75) is 13.0 Å². The van der Waals surface area contributed by atoms with Crippen LogP contribution in [-0.4, -0.2) is 32.1 Å². The highest BCUT2D eigenvalue weighted by molar-refractivity contribution is 7.15.